The molecule has 0 saturated heterocycles. The van der Waals surface area contributed by atoms with E-state index in [1.165, 1.54) is 12.1 Å². The smallest absolute Gasteiger partial charge is 0.182 e. The molecule has 0 unspecified atom stereocenters. The Morgan fingerprint density at radius 1 is 1.33 bits per heavy atom. The van der Waals surface area contributed by atoms with E-state index in [1.54, 1.807) is 6.07 Å². The van der Waals surface area contributed by atoms with Gasteiger partial charge in [-0.1, -0.05) is 6.07 Å². The Labute approximate surface area is 92.4 Å². The molecule has 0 bridgehead atoms. The molecule has 0 aliphatic rings. The molecule has 0 aliphatic carbocycles. The van der Waals surface area contributed by atoms with E-state index in [4.69, 9.17) is 12.2 Å². The fraction of sp³-hybridized carbons (Fsp3) is 0.182. The molecule has 2 rings (SSSR count). The molecule has 0 radical (unpaired) electrons. The zero-order valence-electron chi connectivity index (χ0n) is 8.54. The van der Waals surface area contributed by atoms with Crippen molar-refractivity contribution in [1.29, 1.82) is 0 Å². The lowest BCUT2D eigenvalue weighted by Gasteiger charge is -2.08. The summed E-state index contributed by atoms with van der Waals surface area (Å²) in [6, 6.07) is 4.69. The van der Waals surface area contributed by atoms with Gasteiger partial charge in [0.25, 0.3) is 0 Å². The Morgan fingerprint density at radius 3 is 2.67 bits per heavy atom. The number of H-pyrrole nitrogens is 1. The summed E-state index contributed by atoms with van der Waals surface area (Å²) in [6.45, 7) is 3.86. The van der Waals surface area contributed by atoms with E-state index < -0.39 is 0 Å². The van der Waals surface area contributed by atoms with E-state index in [-0.39, 0.29) is 5.82 Å². The predicted molar refractivity (Wildman–Crippen MR) is 60.4 cm³/mol. The number of hydrogen-bond acceptors (Lipinski definition) is 1. The van der Waals surface area contributed by atoms with Gasteiger partial charge in [-0.05, 0) is 43.8 Å². The Bertz CT molecular complexity index is 554. The minimum atomic E-state index is -0.252. The lowest BCUT2D eigenvalue weighted by Crippen LogP contribution is -1.99. The summed E-state index contributed by atoms with van der Waals surface area (Å²) in [7, 11) is 0. The summed E-state index contributed by atoms with van der Waals surface area (Å²) in [5.41, 5.74) is 2.75. The van der Waals surface area contributed by atoms with Crippen molar-refractivity contribution in [3.8, 4) is 5.69 Å². The molecular weight excluding hydrogens is 211 g/mol. The van der Waals surface area contributed by atoms with E-state index in [0.29, 0.717) is 4.77 Å². The number of aromatic amines is 1. The van der Waals surface area contributed by atoms with Crippen molar-refractivity contribution in [2.75, 3.05) is 0 Å². The maximum Gasteiger partial charge on any atom is 0.182 e. The van der Waals surface area contributed by atoms with E-state index >= 15 is 0 Å². The van der Waals surface area contributed by atoms with Crippen LogP contribution in [0.1, 0.15) is 11.3 Å². The van der Waals surface area contributed by atoms with Crippen LogP contribution in [0.25, 0.3) is 5.69 Å². The van der Waals surface area contributed by atoms with Crippen LogP contribution in [0.2, 0.25) is 0 Å². The fourth-order valence-corrected chi connectivity index (χ4v) is 1.88. The third-order valence-electron chi connectivity index (χ3n) is 2.37. The van der Waals surface area contributed by atoms with Crippen LogP contribution in [0.15, 0.2) is 24.4 Å². The number of imidazole rings is 1. The van der Waals surface area contributed by atoms with Crippen molar-refractivity contribution in [2.45, 2.75) is 13.8 Å². The van der Waals surface area contributed by atoms with E-state index in [1.807, 2.05) is 24.6 Å². The van der Waals surface area contributed by atoms with Crippen LogP contribution in [0.5, 0.6) is 0 Å². The predicted octanol–water partition coefficient (Wildman–Crippen LogP) is 3.29. The number of rotatable bonds is 1. The number of nitrogens with zero attached hydrogens (tertiary/aromatic N) is 1. The Morgan fingerprint density at radius 2 is 2.07 bits per heavy atom. The van der Waals surface area contributed by atoms with Crippen molar-refractivity contribution in [3.05, 3.63) is 46.2 Å². The average molecular weight is 222 g/mol. The number of aryl methyl sites for hydroxylation is 2. The van der Waals surface area contributed by atoms with E-state index in [9.17, 15) is 4.39 Å². The monoisotopic (exact) mass is 222 g/mol. The highest BCUT2D eigenvalue weighted by Crippen LogP contribution is 2.17. The van der Waals surface area contributed by atoms with Crippen LogP contribution in [0.4, 0.5) is 4.39 Å². The van der Waals surface area contributed by atoms with Gasteiger partial charge in [-0.15, -0.1) is 0 Å². The van der Waals surface area contributed by atoms with Crippen molar-refractivity contribution < 1.29 is 4.39 Å². The molecule has 15 heavy (non-hydrogen) atoms. The second-order valence-electron chi connectivity index (χ2n) is 3.50. The first-order valence-electron chi connectivity index (χ1n) is 4.63. The second kappa shape index (κ2) is 3.62. The van der Waals surface area contributed by atoms with Crippen molar-refractivity contribution in [2.24, 2.45) is 0 Å². The summed E-state index contributed by atoms with van der Waals surface area (Å²) in [5, 5.41) is 0. The maximum absolute atomic E-state index is 13.1. The SMILES string of the molecule is Cc1ccc(F)cc1-n1c(C)c[nH]c1=S. The van der Waals surface area contributed by atoms with Gasteiger partial charge >= 0.3 is 0 Å². The van der Waals surface area contributed by atoms with Crippen molar-refractivity contribution in [3.63, 3.8) is 0 Å². The van der Waals surface area contributed by atoms with Crippen molar-refractivity contribution >= 4 is 12.2 Å². The molecule has 1 N–H and O–H groups in total. The molecule has 0 fully saturated rings. The number of aromatic nitrogens is 2. The largest absolute Gasteiger partial charge is 0.337 e. The molecule has 1 aromatic heterocycles. The third-order valence-corrected chi connectivity index (χ3v) is 2.67. The van der Waals surface area contributed by atoms with Gasteiger partial charge in [0.15, 0.2) is 4.77 Å². The minimum Gasteiger partial charge on any atom is -0.337 e. The first-order valence-corrected chi connectivity index (χ1v) is 5.04. The molecule has 0 saturated carbocycles. The fourth-order valence-electron chi connectivity index (χ4n) is 1.58. The molecule has 2 nitrogen and oxygen atoms in total. The zero-order chi connectivity index (χ0) is 11.0. The van der Waals surface area contributed by atoms with Crippen LogP contribution >= 0.6 is 12.2 Å². The van der Waals surface area contributed by atoms with Gasteiger partial charge < -0.3 is 4.98 Å². The van der Waals surface area contributed by atoms with Gasteiger partial charge in [-0.2, -0.15) is 0 Å². The zero-order valence-corrected chi connectivity index (χ0v) is 9.36. The first kappa shape index (κ1) is 10.1. The second-order valence-corrected chi connectivity index (χ2v) is 3.89. The van der Waals surface area contributed by atoms with Gasteiger partial charge in [0, 0.05) is 11.9 Å². The Balaban J connectivity index is 2.74. The highest BCUT2D eigenvalue weighted by Gasteiger charge is 2.06. The molecule has 0 atom stereocenters. The van der Waals surface area contributed by atoms with Crippen LogP contribution in [0, 0.1) is 24.4 Å². The highest BCUT2D eigenvalue weighted by molar-refractivity contribution is 7.71. The number of hydrogen-bond donors (Lipinski definition) is 1. The summed E-state index contributed by atoms with van der Waals surface area (Å²) in [6.07, 6.45) is 1.81. The third kappa shape index (κ3) is 1.72. The minimum absolute atomic E-state index is 0.252. The molecule has 1 heterocycles. The number of nitrogens with one attached hydrogen (secondary N) is 1. The maximum atomic E-state index is 13.1. The summed E-state index contributed by atoms with van der Waals surface area (Å²) < 4.78 is 15.6. The van der Waals surface area contributed by atoms with Gasteiger partial charge in [0.1, 0.15) is 5.82 Å². The molecular formula is C11H11FN2S. The van der Waals surface area contributed by atoms with Crippen LogP contribution < -0.4 is 0 Å². The average Bonchev–Trinajstić information content (AvgIpc) is 2.51. The molecule has 0 spiro atoms. The van der Waals surface area contributed by atoms with E-state index in [0.717, 1.165) is 16.9 Å². The number of halogens is 1. The molecule has 78 valence electrons. The van der Waals surface area contributed by atoms with Crippen LogP contribution in [0.3, 0.4) is 0 Å². The quantitative estimate of drug-likeness (QED) is 0.734. The van der Waals surface area contributed by atoms with Gasteiger partial charge in [0.2, 0.25) is 0 Å². The molecule has 1 aromatic carbocycles. The van der Waals surface area contributed by atoms with Crippen LogP contribution in [-0.4, -0.2) is 9.55 Å². The molecule has 4 heteroatoms. The Kier molecular flexibility index (Phi) is 2.44. The topological polar surface area (TPSA) is 20.7 Å². The Hall–Kier alpha value is -1.42. The normalized spacial score (nSPS) is 10.6. The lowest BCUT2D eigenvalue weighted by atomic mass is 10.2. The first-order chi connectivity index (χ1) is 7.09. The molecule has 2 aromatic rings. The van der Waals surface area contributed by atoms with Gasteiger partial charge in [-0.3, -0.25) is 4.57 Å². The summed E-state index contributed by atoms with van der Waals surface area (Å²) >= 11 is 5.14. The van der Waals surface area contributed by atoms with Crippen molar-refractivity contribution in [1.82, 2.24) is 9.55 Å². The molecule has 0 aliphatic heterocycles. The lowest BCUT2D eigenvalue weighted by molar-refractivity contribution is 0.625. The standard InChI is InChI=1S/C11H11FN2S/c1-7-3-4-9(12)5-10(7)14-8(2)6-13-11(14)15/h3-6H,1-2H3,(H,13,15). The van der Waals surface area contributed by atoms with Crippen LogP contribution in [-0.2, 0) is 0 Å². The number of benzene rings is 1. The summed E-state index contributed by atoms with van der Waals surface area (Å²) in [4.78, 5) is 2.94. The van der Waals surface area contributed by atoms with Gasteiger partial charge in [-0.25, -0.2) is 4.39 Å². The van der Waals surface area contributed by atoms with E-state index in [2.05, 4.69) is 4.98 Å². The summed E-state index contributed by atoms with van der Waals surface area (Å²) in [5.74, 6) is -0.252. The van der Waals surface area contributed by atoms with Gasteiger partial charge in [0.05, 0.1) is 5.69 Å². The highest BCUT2D eigenvalue weighted by atomic mass is 32.1. The molecule has 0 amide bonds.